The third-order valence-electron chi connectivity index (χ3n) is 4.11. The number of carboxylic acid groups (broad SMARTS) is 2. The Balaban J connectivity index is 2.44. The van der Waals surface area contributed by atoms with Gasteiger partial charge in [0.15, 0.2) is 0 Å². The fraction of sp³-hybridized carbons (Fsp3) is 0.333. The molecule has 0 saturated carbocycles. The molecule has 2 aromatic heterocycles. The van der Waals surface area contributed by atoms with Crippen LogP contribution in [-0.2, 0) is 6.42 Å². The number of hydrogen-bond acceptors (Lipinski definition) is 2. The van der Waals surface area contributed by atoms with E-state index in [-0.39, 0.29) is 11.4 Å². The van der Waals surface area contributed by atoms with E-state index in [1.165, 1.54) is 0 Å². The maximum atomic E-state index is 11.1. The number of aromatic nitrogens is 2. The predicted molar refractivity (Wildman–Crippen MR) is 77.3 cm³/mol. The van der Waals surface area contributed by atoms with Crippen molar-refractivity contribution in [1.29, 1.82) is 0 Å². The van der Waals surface area contributed by atoms with E-state index in [0.29, 0.717) is 17.5 Å². The lowest BCUT2D eigenvalue weighted by atomic mass is 10.1. The Bertz CT molecular complexity index is 675. The molecular formula is C15H18N2O4. The van der Waals surface area contributed by atoms with Crippen LogP contribution in [0.4, 0.5) is 0 Å². The fourth-order valence-corrected chi connectivity index (χ4v) is 2.46. The molecule has 0 atom stereocenters. The highest BCUT2D eigenvalue weighted by Gasteiger charge is 2.20. The quantitative estimate of drug-likeness (QED) is 0.694. The van der Waals surface area contributed by atoms with Crippen LogP contribution in [-0.4, -0.2) is 32.1 Å². The number of aromatic amines is 2. The summed E-state index contributed by atoms with van der Waals surface area (Å²) in [6.07, 6.45) is 0.444. The Labute approximate surface area is 121 Å². The van der Waals surface area contributed by atoms with Gasteiger partial charge in [-0.25, -0.2) is 9.59 Å². The van der Waals surface area contributed by atoms with Gasteiger partial charge in [-0.15, -0.1) is 0 Å². The van der Waals surface area contributed by atoms with Crippen molar-refractivity contribution in [2.45, 2.75) is 34.1 Å². The van der Waals surface area contributed by atoms with Gasteiger partial charge < -0.3 is 20.2 Å². The topological polar surface area (TPSA) is 106 Å². The number of H-pyrrole nitrogens is 2. The van der Waals surface area contributed by atoms with Crippen LogP contribution >= 0.6 is 0 Å². The van der Waals surface area contributed by atoms with E-state index in [9.17, 15) is 9.59 Å². The van der Waals surface area contributed by atoms with Crippen LogP contribution in [0.3, 0.4) is 0 Å². The average Bonchev–Trinajstić information content (AvgIpc) is 2.84. The van der Waals surface area contributed by atoms with Crippen LogP contribution in [0.25, 0.3) is 0 Å². The summed E-state index contributed by atoms with van der Waals surface area (Å²) >= 11 is 0. The second kappa shape index (κ2) is 5.12. The van der Waals surface area contributed by atoms with Crippen LogP contribution < -0.4 is 0 Å². The maximum Gasteiger partial charge on any atom is 0.352 e. The zero-order valence-corrected chi connectivity index (χ0v) is 12.4. The zero-order valence-electron chi connectivity index (χ0n) is 12.4. The molecule has 0 aliphatic rings. The first-order chi connectivity index (χ1) is 9.73. The number of aromatic carboxylic acids is 2. The standard InChI is InChI=1S/C15H18N2O4/c1-6-8(3)12(14(18)19)16-10(6)5-11-7(2)9(4)13(17-11)15(20)21/h16-17H,5H2,1-4H3,(H,18,19)(H,20,21)/i16+1,17+1. The van der Waals surface area contributed by atoms with Crippen LogP contribution in [0.2, 0.25) is 0 Å². The molecule has 0 saturated heterocycles. The Morgan fingerprint density at radius 1 is 0.762 bits per heavy atom. The first-order valence-corrected chi connectivity index (χ1v) is 6.56. The number of carboxylic acids is 2. The minimum Gasteiger partial charge on any atom is -0.477 e. The average molecular weight is 292 g/mol. The maximum absolute atomic E-state index is 11.1. The molecule has 4 N–H and O–H groups in total. The Hall–Kier alpha value is -2.50. The highest BCUT2D eigenvalue weighted by atomic mass is 16.4. The lowest BCUT2D eigenvalue weighted by Crippen LogP contribution is -2.00. The van der Waals surface area contributed by atoms with E-state index in [2.05, 4.69) is 9.97 Å². The van der Waals surface area contributed by atoms with Crippen molar-refractivity contribution in [3.8, 4) is 0 Å². The van der Waals surface area contributed by atoms with Crippen LogP contribution in [0, 0.1) is 27.7 Å². The molecule has 6 nitrogen and oxygen atoms in total. The molecular weight excluding hydrogens is 274 g/mol. The number of nitrogens with one attached hydrogen (secondary N) is 2. The molecule has 112 valence electrons. The summed E-state index contributed by atoms with van der Waals surface area (Å²) < 4.78 is 0. The van der Waals surface area contributed by atoms with Crippen molar-refractivity contribution in [1.82, 2.24) is 9.97 Å². The SMILES string of the molecule is Cc1c(Cc2[15nH]c(C(=O)O)c(C)c2C)[15nH]c(C(=O)O)c1C. The van der Waals surface area contributed by atoms with Gasteiger partial charge >= 0.3 is 11.9 Å². The summed E-state index contributed by atoms with van der Waals surface area (Å²) in [6, 6.07) is 0. The molecule has 0 bridgehead atoms. The van der Waals surface area contributed by atoms with Gasteiger partial charge in [0.2, 0.25) is 0 Å². The van der Waals surface area contributed by atoms with Gasteiger partial charge in [-0.05, 0) is 49.9 Å². The summed E-state index contributed by atoms with van der Waals surface area (Å²) in [7, 11) is 0. The van der Waals surface area contributed by atoms with Gasteiger partial charge in [-0.1, -0.05) is 0 Å². The van der Waals surface area contributed by atoms with E-state index in [4.69, 9.17) is 10.2 Å². The van der Waals surface area contributed by atoms with E-state index in [1.54, 1.807) is 13.8 Å². The van der Waals surface area contributed by atoms with Crippen molar-refractivity contribution in [3.05, 3.63) is 45.0 Å². The van der Waals surface area contributed by atoms with E-state index < -0.39 is 11.9 Å². The van der Waals surface area contributed by atoms with Crippen molar-refractivity contribution in [2.75, 3.05) is 0 Å². The Morgan fingerprint density at radius 3 is 1.33 bits per heavy atom. The zero-order chi connectivity index (χ0) is 15.9. The molecule has 2 aromatic rings. The van der Waals surface area contributed by atoms with E-state index in [0.717, 1.165) is 22.5 Å². The smallest absolute Gasteiger partial charge is 0.352 e. The van der Waals surface area contributed by atoms with E-state index >= 15 is 0 Å². The minimum atomic E-state index is -0.993. The van der Waals surface area contributed by atoms with E-state index in [1.807, 2.05) is 13.8 Å². The molecule has 0 unspecified atom stereocenters. The monoisotopic (exact) mass is 292 g/mol. The first-order valence-electron chi connectivity index (χ1n) is 6.56. The first kappa shape index (κ1) is 14.9. The number of carbonyl (C=O) groups is 2. The highest BCUT2D eigenvalue weighted by molar-refractivity contribution is 5.88. The van der Waals surface area contributed by atoms with Crippen molar-refractivity contribution in [2.24, 2.45) is 0 Å². The lowest BCUT2D eigenvalue weighted by Gasteiger charge is -2.01. The molecule has 2 rings (SSSR count). The molecule has 2 heterocycles. The third kappa shape index (κ3) is 2.44. The molecule has 21 heavy (non-hydrogen) atoms. The van der Waals surface area contributed by atoms with Gasteiger partial charge in [-0.2, -0.15) is 0 Å². The predicted octanol–water partition coefficient (Wildman–Crippen LogP) is 2.56. The molecule has 0 spiro atoms. The van der Waals surface area contributed by atoms with Gasteiger partial charge in [0, 0.05) is 17.8 Å². The molecule has 0 fully saturated rings. The lowest BCUT2D eigenvalue weighted by molar-refractivity contribution is 0.0679. The summed E-state index contributed by atoms with van der Waals surface area (Å²) in [4.78, 5) is 28.1. The molecule has 0 amide bonds. The molecule has 0 aliphatic carbocycles. The Morgan fingerprint density at radius 2 is 1.10 bits per heavy atom. The third-order valence-corrected chi connectivity index (χ3v) is 4.11. The fourth-order valence-electron chi connectivity index (χ4n) is 2.46. The summed E-state index contributed by atoms with van der Waals surface area (Å²) in [5, 5.41) is 18.3. The molecule has 6 heteroatoms. The summed E-state index contributed by atoms with van der Waals surface area (Å²) in [6.45, 7) is 7.23. The minimum absolute atomic E-state index is 0.182. The second-order valence-electron chi connectivity index (χ2n) is 5.24. The molecule has 0 aliphatic heterocycles. The highest BCUT2D eigenvalue weighted by Crippen LogP contribution is 2.24. The van der Waals surface area contributed by atoms with Gasteiger partial charge in [0.1, 0.15) is 11.4 Å². The summed E-state index contributed by atoms with van der Waals surface area (Å²) in [5.41, 5.74) is 5.11. The molecule has 0 aromatic carbocycles. The normalized spacial score (nSPS) is 10.9. The van der Waals surface area contributed by atoms with Crippen molar-refractivity contribution >= 4 is 11.9 Å². The number of hydrogen-bond donors (Lipinski definition) is 4. The van der Waals surface area contributed by atoms with Gasteiger partial charge in [0.25, 0.3) is 0 Å². The van der Waals surface area contributed by atoms with Gasteiger partial charge in [-0.3, -0.25) is 0 Å². The summed E-state index contributed by atoms with van der Waals surface area (Å²) in [5.74, 6) is -1.99. The number of rotatable bonds is 4. The van der Waals surface area contributed by atoms with Crippen LogP contribution in [0.15, 0.2) is 0 Å². The van der Waals surface area contributed by atoms with Gasteiger partial charge in [0.05, 0.1) is 0 Å². The van der Waals surface area contributed by atoms with Crippen molar-refractivity contribution < 1.29 is 19.8 Å². The van der Waals surface area contributed by atoms with Crippen LogP contribution in [0.1, 0.15) is 54.6 Å². The van der Waals surface area contributed by atoms with Crippen molar-refractivity contribution in [3.63, 3.8) is 0 Å². The Kier molecular flexibility index (Phi) is 3.63. The van der Waals surface area contributed by atoms with Crippen LogP contribution in [0.5, 0.6) is 0 Å². The second-order valence-corrected chi connectivity index (χ2v) is 5.24. The molecule has 0 radical (unpaired) electrons. The largest absolute Gasteiger partial charge is 0.477 e.